The highest BCUT2D eigenvalue weighted by Gasteiger charge is 2.24. The summed E-state index contributed by atoms with van der Waals surface area (Å²) >= 11 is 0. The quantitative estimate of drug-likeness (QED) is 0.420. The Labute approximate surface area is 165 Å². The van der Waals surface area contributed by atoms with Gasteiger partial charge in [-0.25, -0.2) is 13.1 Å². The van der Waals surface area contributed by atoms with E-state index in [0.717, 1.165) is 0 Å². The molecule has 154 valence electrons. The van der Waals surface area contributed by atoms with Crippen molar-refractivity contribution in [2.75, 3.05) is 32.1 Å². The predicted molar refractivity (Wildman–Crippen MR) is 105 cm³/mol. The van der Waals surface area contributed by atoms with E-state index in [1.165, 1.54) is 25.3 Å². The van der Waals surface area contributed by atoms with Crippen molar-refractivity contribution >= 4 is 39.9 Å². The van der Waals surface area contributed by atoms with Crippen molar-refractivity contribution in [3.8, 4) is 0 Å². The van der Waals surface area contributed by atoms with Crippen LogP contribution in [0.3, 0.4) is 0 Å². The van der Waals surface area contributed by atoms with Gasteiger partial charge in [0, 0.05) is 25.9 Å². The SMILES string of the molecule is COCC(=O)N[C@H](C(=O)Nc1cccc(S(=O)(=O)NCCN)c1)C(C)C.Cl. The Morgan fingerprint density at radius 1 is 1.26 bits per heavy atom. The van der Waals surface area contributed by atoms with Crippen molar-refractivity contribution < 1.29 is 22.7 Å². The van der Waals surface area contributed by atoms with E-state index in [1.807, 2.05) is 0 Å². The third-order valence-corrected chi connectivity index (χ3v) is 4.85. The summed E-state index contributed by atoms with van der Waals surface area (Å²) in [4.78, 5) is 24.2. The first-order valence-corrected chi connectivity index (χ1v) is 9.58. The Bertz CT molecular complexity index is 727. The fourth-order valence-electron chi connectivity index (χ4n) is 2.12. The zero-order chi connectivity index (χ0) is 19.7. The highest BCUT2D eigenvalue weighted by molar-refractivity contribution is 7.89. The topological polar surface area (TPSA) is 140 Å². The summed E-state index contributed by atoms with van der Waals surface area (Å²) in [7, 11) is -2.33. The number of ether oxygens (including phenoxy) is 1. The molecule has 1 rings (SSSR count). The van der Waals surface area contributed by atoms with Crippen molar-refractivity contribution in [2.45, 2.75) is 24.8 Å². The molecule has 11 heteroatoms. The Kier molecular flexibility index (Phi) is 11.1. The van der Waals surface area contributed by atoms with Gasteiger partial charge in [-0.05, 0) is 24.1 Å². The molecule has 1 aromatic rings. The molecule has 0 bridgehead atoms. The summed E-state index contributed by atoms with van der Waals surface area (Å²) in [5.74, 6) is -1.04. The van der Waals surface area contributed by atoms with Gasteiger partial charge in [0.2, 0.25) is 21.8 Å². The third-order valence-electron chi connectivity index (χ3n) is 3.39. The lowest BCUT2D eigenvalue weighted by atomic mass is 10.0. The molecule has 0 spiro atoms. The van der Waals surface area contributed by atoms with Gasteiger partial charge in [-0.15, -0.1) is 12.4 Å². The number of benzene rings is 1. The van der Waals surface area contributed by atoms with Gasteiger partial charge < -0.3 is 21.1 Å². The largest absolute Gasteiger partial charge is 0.375 e. The minimum atomic E-state index is -3.71. The molecular formula is C16H27ClN4O5S. The van der Waals surface area contributed by atoms with Crippen molar-refractivity contribution in [3.63, 3.8) is 0 Å². The third kappa shape index (κ3) is 8.22. The average Bonchev–Trinajstić information content (AvgIpc) is 2.58. The summed E-state index contributed by atoms with van der Waals surface area (Å²) in [5, 5.41) is 5.22. The molecule has 0 saturated carbocycles. The molecule has 1 aromatic carbocycles. The molecule has 0 unspecified atom stereocenters. The Morgan fingerprint density at radius 3 is 2.48 bits per heavy atom. The highest BCUT2D eigenvalue weighted by atomic mass is 35.5. The van der Waals surface area contributed by atoms with E-state index in [4.69, 9.17) is 10.5 Å². The first-order valence-electron chi connectivity index (χ1n) is 8.10. The van der Waals surface area contributed by atoms with Crippen LogP contribution >= 0.6 is 12.4 Å². The van der Waals surface area contributed by atoms with Crippen LogP contribution in [0.5, 0.6) is 0 Å². The van der Waals surface area contributed by atoms with Gasteiger partial charge in [0.15, 0.2) is 0 Å². The molecule has 0 aliphatic heterocycles. The van der Waals surface area contributed by atoms with Crippen LogP contribution in [0, 0.1) is 5.92 Å². The monoisotopic (exact) mass is 422 g/mol. The lowest BCUT2D eigenvalue weighted by Crippen LogP contribution is -2.48. The summed E-state index contributed by atoms with van der Waals surface area (Å²) in [6.07, 6.45) is 0. The number of nitrogens with two attached hydrogens (primary N) is 1. The number of sulfonamides is 1. The van der Waals surface area contributed by atoms with Gasteiger partial charge in [0.05, 0.1) is 4.90 Å². The highest BCUT2D eigenvalue weighted by Crippen LogP contribution is 2.16. The van der Waals surface area contributed by atoms with Gasteiger partial charge in [0.1, 0.15) is 12.6 Å². The fraction of sp³-hybridized carbons (Fsp3) is 0.500. The Balaban J connectivity index is 0.00000676. The van der Waals surface area contributed by atoms with Gasteiger partial charge in [-0.3, -0.25) is 9.59 Å². The predicted octanol–water partition coefficient (Wildman–Crippen LogP) is 0.0711. The lowest BCUT2D eigenvalue weighted by molar-refractivity contribution is -0.129. The lowest BCUT2D eigenvalue weighted by Gasteiger charge is -2.21. The normalized spacial score (nSPS) is 12.2. The maximum Gasteiger partial charge on any atom is 0.247 e. The molecule has 9 nitrogen and oxygen atoms in total. The molecule has 5 N–H and O–H groups in total. The minimum absolute atomic E-state index is 0. The van der Waals surface area contributed by atoms with Crippen LogP contribution in [0.1, 0.15) is 13.8 Å². The molecule has 1 atom stereocenters. The molecule has 27 heavy (non-hydrogen) atoms. The van der Waals surface area contributed by atoms with Crippen LogP contribution in [0.15, 0.2) is 29.2 Å². The van der Waals surface area contributed by atoms with E-state index < -0.39 is 27.9 Å². The second-order valence-electron chi connectivity index (χ2n) is 5.93. The second kappa shape index (κ2) is 11.9. The number of anilines is 1. The number of nitrogens with one attached hydrogen (secondary N) is 3. The Morgan fingerprint density at radius 2 is 1.93 bits per heavy atom. The fourth-order valence-corrected chi connectivity index (χ4v) is 3.21. The number of hydrogen-bond donors (Lipinski definition) is 4. The molecule has 0 aromatic heterocycles. The smallest absolute Gasteiger partial charge is 0.247 e. The number of rotatable bonds is 10. The maximum atomic E-state index is 12.5. The number of hydrogen-bond acceptors (Lipinski definition) is 6. The van der Waals surface area contributed by atoms with Crippen LogP contribution in [0.25, 0.3) is 0 Å². The second-order valence-corrected chi connectivity index (χ2v) is 7.69. The standard InChI is InChI=1S/C16H26N4O5S.ClH/c1-11(2)15(20-14(21)10-25-3)16(22)19-12-5-4-6-13(9-12)26(23,24)18-8-7-17;/h4-6,9,11,15,18H,7-8,10,17H2,1-3H3,(H,19,22)(H,20,21);1H/t15-;/m0./s1. The number of carbonyl (C=O) groups excluding carboxylic acids is 2. The molecule has 0 heterocycles. The molecule has 0 aliphatic rings. The zero-order valence-electron chi connectivity index (χ0n) is 15.5. The number of halogens is 1. The zero-order valence-corrected chi connectivity index (χ0v) is 17.2. The maximum absolute atomic E-state index is 12.5. The molecule has 0 radical (unpaired) electrons. The van der Waals surface area contributed by atoms with E-state index in [9.17, 15) is 18.0 Å². The van der Waals surface area contributed by atoms with Crippen LogP contribution < -0.4 is 21.1 Å². The van der Waals surface area contributed by atoms with Crippen LogP contribution in [-0.2, 0) is 24.3 Å². The van der Waals surface area contributed by atoms with E-state index in [2.05, 4.69) is 15.4 Å². The van der Waals surface area contributed by atoms with Crippen molar-refractivity contribution in [2.24, 2.45) is 11.7 Å². The van der Waals surface area contributed by atoms with Crippen molar-refractivity contribution in [1.29, 1.82) is 0 Å². The molecular weight excluding hydrogens is 396 g/mol. The Hall–Kier alpha value is -1.72. The van der Waals surface area contributed by atoms with Crippen molar-refractivity contribution in [1.82, 2.24) is 10.0 Å². The van der Waals surface area contributed by atoms with Crippen LogP contribution in [-0.4, -0.2) is 53.1 Å². The molecule has 0 fully saturated rings. The molecule has 2 amide bonds. The minimum Gasteiger partial charge on any atom is -0.375 e. The summed E-state index contributed by atoms with van der Waals surface area (Å²) in [6, 6.07) is 5.04. The van der Waals surface area contributed by atoms with Crippen molar-refractivity contribution in [3.05, 3.63) is 24.3 Å². The summed E-state index contributed by atoms with van der Waals surface area (Å²) in [6.45, 7) is 3.70. The van der Waals surface area contributed by atoms with Crippen LogP contribution in [0.4, 0.5) is 5.69 Å². The first-order chi connectivity index (χ1) is 12.2. The van der Waals surface area contributed by atoms with E-state index in [0.29, 0.717) is 5.69 Å². The molecule has 0 saturated heterocycles. The van der Waals surface area contributed by atoms with E-state index >= 15 is 0 Å². The summed E-state index contributed by atoms with van der Waals surface area (Å²) < 4.78 is 31.4. The van der Waals surface area contributed by atoms with E-state index in [-0.39, 0.29) is 42.9 Å². The average molecular weight is 423 g/mol. The number of carbonyl (C=O) groups is 2. The molecule has 0 aliphatic carbocycles. The van der Waals surface area contributed by atoms with Gasteiger partial charge >= 0.3 is 0 Å². The summed E-state index contributed by atoms with van der Waals surface area (Å²) in [5.41, 5.74) is 5.61. The number of amides is 2. The van der Waals surface area contributed by atoms with Gasteiger partial charge in [-0.1, -0.05) is 19.9 Å². The van der Waals surface area contributed by atoms with Gasteiger partial charge in [0.25, 0.3) is 0 Å². The van der Waals surface area contributed by atoms with Gasteiger partial charge in [-0.2, -0.15) is 0 Å². The number of methoxy groups -OCH3 is 1. The van der Waals surface area contributed by atoms with E-state index in [1.54, 1.807) is 19.9 Å². The van der Waals surface area contributed by atoms with Crippen LogP contribution in [0.2, 0.25) is 0 Å². The first kappa shape index (κ1) is 25.3.